The first-order valence-corrected chi connectivity index (χ1v) is 4.84. The van der Waals surface area contributed by atoms with Crippen molar-refractivity contribution in [1.82, 2.24) is 4.98 Å². The molecule has 2 nitrogen and oxygen atoms in total. The van der Waals surface area contributed by atoms with E-state index in [1.807, 2.05) is 23.9 Å². The van der Waals surface area contributed by atoms with Gasteiger partial charge >= 0.3 is 0 Å². The zero-order chi connectivity index (χ0) is 8.39. The molecule has 12 heavy (non-hydrogen) atoms. The molecule has 1 heterocycles. The van der Waals surface area contributed by atoms with E-state index in [9.17, 15) is 4.79 Å². The first-order chi connectivity index (χ1) is 5.88. The van der Waals surface area contributed by atoms with Crippen LogP contribution in [0.3, 0.4) is 0 Å². The fourth-order valence-electron chi connectivity index (χ4n) is 0.944. The van der Waals surface area contributed by atoms with Crippen LogP contribution in [0.5, 0.6) is 0 Å². The van der Waals surface area contributed by atoms with Gasteiger partial charge in [-0.05, 0) is 25.0 Å². The van der Waals surface area contributed by atoms with E-state index in [2.05, 4.69) is 4.98 Å². The highest BCUT2D eigenvalue weighted by molar-refractivity contribution is 8.00. The number of aromatic nitrogens is 1. The number of hydrogen-bond donors (Lipinski definition) is 0. The Hall–Kier alpha value is -0.830. The molecule has 0 spiro atoms. The minimum Gasteiger partial charge on any atom is -0.296 e. The molecule has 62 valence electrons. The maximum absolute atomic E-state index is 10.4. The third-order valence-electron chi connectivity index (χ3n) is 1.70. The Morgan fingerprint density at radius 2 is 2.42 bits per heavy atom. The van der Waals surface area contributed by atoms with Gasteiger partial charge in [0, 0.05) is 16.3 Å². The van der Waals surface area contributed by atoms with Gasteiger partial charge in [0.2, 0.25) is 0 Å². The van der Waals surface area contributed by atoms with Crippen LogP contribution in [0.2, 0.25) is 0 Å². The first-order valence-electron chi connectivity index (χ1n) is 3.96. The summed E-state index contributed by atoms with van der Waals surface area (Å²) < 4.78 is 0. The van der Waals surface area contributed by atoms with E-state index < -0.39 is 0 Å². The fraction of sp³-hybridized carbons (Fsp3) is 0.333. The molecule has 0 N–H and O–H groups in total. The van der Waals surface area contributed by atoms with Crippen molar-refractivity contribution in [3.8, 4) is 0 Å². The van der Waals surface area contributed by atoms with Crippen molar-refractivity contribution >= 4 is 18.0 Å². The van der Waals surface area contributed by atoms with Crippen LogP contribution in [0.15, 0.2) is 23.2 Å². The number of carbonyl (C=O) groups is 1. The maximum atomic E-state index is 10.4. The summed E-state index contributed by atoms with van der Waals surface area (Å²) in [5, 5.41) is 0.784. The SMILES string of the molecule is O=Cc1cc(SC2CC2)ccn1. The van der Waals surface area contributed by atoms with Gasteiger partial charge in [0.05, 0.1) is 0 Å². The standard InChI is InChI=1S/C9H9NOS/c11-6-7-5-9(3-4-10-7)12-8-1-2-8/h3-6,8H,1-2H2. The second-order valence-corrected chi connectivity index (χ2v) is 4.23. The molecule has 1 aromatic heterocycles. The molecular formula is C9H9NOS. The molecule has 3 heteroatoms. The quantitative estimate of drug-likeness (QED) is 0.666. The molecule has 0 aliphatic heterocycles. The van der Waals surface area contributed by atoms with Gasteiger partial charge in [-0.25, -0.2) is 0 Å². The van der Waals surface area contributed by atoms with Gasteiger partial charge in [-0.3, -0.25) is 9.78 Å². The van der Waals surface area contributed by atoms with Crippen LogP contribution in [-0.2, 0) is 0 Å². The lowest BCUT2D eigenvalue weighted by Crippen LogP contribution is -1.85. The largest absolute Gasteiger partial charge is 0.296 e. The minimum atomic E-state index is 0.528. The van der Waals surface area contributed by atoms with Crippen molar-refractivity contribution in [3.63, 3.8) is 0 Å². The zero-order valence-corrected chi connectivity index (χ0v) is 7.38. The highest BCUT2D eigenvalue weighted by atomic mass is 32.2. The molecular weight excluding hydrogens is 170 g/mol. The summed E-state index contributed by atoms with van der Waals surface area (Å²) in [5.41, 5.74) is 0.528. The molecule has 1 aliphatic rings. The lowest BCUT2D eigenvalue weighted by atomic mass is 10.4. The van der Waals surface area contributed by atoms with E-state index in [4.69, 9.17) is 0 Å². The van der Waals surface area contributed by atoms with E-state index in [-0.39, 0.29) is 0 Å². The molecule has 0 atom stereocenters. The summed E-state index contributed by atoms with van der Waals surface area (Å²) >= 11 is 1.84. The number of nitrogens with zero attached hydrogens (tertiary/aromatic N) is 1. The summed E-state index contributed by atoms with van der Waals surface area (Å²) in [4.78, 5) is 15.5. The summed E-state index contributed by atoms with van der Waals surface area (Å²) in [6, 6.07) is 3.80. The van der Waals surface area contributed by atoms with Crippen LogP contribution in [0.4, 0.5) is 0 Å². The average molecular weight is 179 g/mol. The first kappa shape index (κ1) is 7.80. The van der Waals surface area contributed by atoms with Crippen LogP contribution >= 0.6 is 11.8 Å². The van der Waals surface area contributed by atoms with Crippen LogP contribution in [-0.4, -0.2) is 16.5 Å². The number of pyridine rings is 1. The van der Waals surface area contributed by atoms with Gasteiger partial charge in [-0.1, -0.05) is 0 Å². The summed E-state index contributed by atoms with van der Waals surface area (Å²) in [7, 11) is 0. The normalized spacial score (nSPS) is 16.0. The van der Waals surface area contributed by atoms with Crippen molar-refractivity contribution < 1.29 is 4.79 Å². The predicted octanol–water partition coefficient (Wildman–Crippen LogP) is 2.15. The number of hydrogen-bond acceptors (Lipinski definition) is 3. The third-order valence-corrected chi connectivity index (χ3v) is 3.03. The van der Waals surface area contributed by atoms with Crippen molar-refractivity contribution in [2.45, 2.75) is 23.0 Å². The Balaban J connectivity index is 2.13. The average Bonchev–Trinajstić information content (AvgIpc) is 2.89. The minimum absolute atomic E-state index is 0.528. The van der Waals surface area contributed by atoms with Crippen molar-refractivity contribution in [2.75, 3.05) is 0 Å². The highest BCUT2D eigenvalue weighted by Gasteiger charge is 2.22. The number of carbonyl (C=O) groups excluding carboxylic acids is 1. The topological polar surface area (TPSA) is 30.0 Å². The van der Waals surface area contributed by atoms with Crippen molar-refractivity contribution in [1.29, 1.82) is 0 Å². The summed E-state index contributed by atoms with van der Waals surface area (Å²) in [6.07, 6.45) is 5.10. The van der Waals surface area contributed by atoms with Gasteiger partial charge < -0.3 is 0 Å². The van der Waals surface area contributed by atoms with Gasteiger partial charge in [0.1, 0.15) is 5.69 Å². The lowest BCUT2D eigenvalue weighted by molar-refractivity contribution is 0.111. The number of aldehydes is 1. The molecule has 0 radical (unpaired) electrons. The Morgan fingerprint density at radius 1 is 1.58 bits per heavy atom. The molecule has 1 fully saturated rings. The smallest absolute Gasteiger partial charge is 0.168 e. The summed E-state index contributed by atoms with van der Waals surface area (Å²) in [6.45, 7) is 0. The Kier molecular flexibility index (Phi) is 2.13. The van der Waals surface area contributed by atoms with Gasteiger partial charge in [-0.2, -0.15) is 0 Å². The molecule has 1 saturated carbocycles. The van der Waals surface area contributed by atoms with Crippen LogP contribution < -0.4 is 0 Å². The van der Waals surface area contributed by atoms with Crippen LogP contribution in [0.25, 0.3) is 0 Å². The molecule has 0 aromatic carbocycles. The van der Waals surface area contributed by atoms with Gasteiger partial charge in [-0.15, -0.1) is 11.8 Å². The Bertz CT molecular complexity index is 296. The lowest BCUT2D eigenvalue weighted by Gasteiger charge is -1.97. The third kappa shape index (κ3) is 1.85. The van der Waals surface area contributed by atoms with E-state index in [1.54, 1.807) is 6.20 Å². The molecule has 2 rings (SSSR count). The molecule has 1 aromatic rings. The fourth-order valence-corrected chi connectivity index (χ4v) is 2.03. The summed E-state index contributed by atoms with van der Waals surface area (Å²) in [5.74, 6) is 0. The number of thioether (sulfide) groups is 1. The van der Waals surface area contributed by atoms with Crippen molar-refractivity contribution in [2.24, 2.45) is 0 Å². The molecule has 0 unspecified atom stereocenters. The Morgan fingerprint density at radius 3 is 3.08 bits per heavy atom. The molecule has 0 saturated heterocycles. The second kappa shape index (κ2) is 3.27. The number of rotatable bonds is 3. The van der Waals surface area contributed by atoms with Crippen LogP contribution in [0, 0.1) is 0 Å². The van der Waals surface area contributed by atoms with E-state index >= 15 is 0 Å². The van der Waals surface area contributed by atoms with E-state index in [0.29, 0.717) is 5.69 Å². The molecule has 1 aliphatic carbocycles. The molecule has 0 amide bonds. The van der Waals surface area contributed by atoms with E-state index in [1.165, 1.54) is 12.8 Å². The molecule has 0 bridgehead atoms. The monoisotopic (exact) mass is 179 g/mol. The maximum Gasteiger partial charge on any atom is 0.168 e. The van der Waals surface area contributed by atoms with Gasteiger partial charge in [0.15, 0.2) is 6.29 Å². The van der Waals surface area contributed by atoms with Gasteiger partial charge in [0.25, 0.3) is 0 Å². The van der Waals surface area contributed by atoms with Crippen LogP contribution in [0.1, 0.15) is 23.3 Å². The zero-order valence-electron chi connectivity index (χ0n) is 6.56. The van der Waals surface area contributed by atoms with E-state index in [0.717, 1.165) is 16.4 Å². The Labute approximate surface area is 75.4 Å². The predicted molar refractivity (Wildman–Crippen MR) is 48.5 cm³/mol. The second-order valence-electron chi connectivity index (χ2n) is 2.85. The van der Waals surface area contributed by atoms with Crippen molar-refractivity contribution in [3.05, 3.63) is 24.0 Å². The highest BCUT2D eigenvalue weighted by Crippen LogP contribution is 2.38.